The monoisotopic (exact) mass is 386 g/mol. The van der Waals surface area contributed by atoms with E-state index in [1.165, 1.54) is 11.3 Å². The fraction of sp³-hybridized carbons (Fsp3) is 0.350. The van der Waals surface area contributed by atoms with Crippen LogP contribution in [0, 0.1) is 13.8 Å². The number of hydrogen-bond acceptors (Lipinski definition) is 6. The van der Waals surface area contributed by atoms with Gasteiger partial charge < -0.3 is 14.5 Å². The minimum Gasteiger partial charge on any atom is -0.494 e. The fourth-order valence-corrected chi connectivity index (χ4v) is 3.88. The van der Waals surface area contributed by atoms with Crippen molar-refractivity contribution < 1.29 is 14.3 Å². The molecular weight excluding hydrogens is 364 g/mol. The highest BCUT2D eigenvalue weighted by Gasteiger charge is 2.13. The van der Waals surface area contributed by atoms with Crippen molar-refractivity contribution in [2.75, 3.05) is 6.61 Å². The number of fused-ring (bicyclic) bond motifs is 1. The predicted octanol–water partition coefficient (Wildman–Crippen LogP) is 3.68. The highest BCUT2D eigenvalue weighted by Crippen LogP contribution is 2.25. The van der Waals surface area contributed by atoms with Crippen LogP contribution in [0.2, 0.25) is 0 Å². The van der Waals surface area contributed by atoms with E-state index in [4.69, 9.17) is 9.47 Å². The van der Waals surface area contributed by atoms with Gasteiger partial charge in [0, 0.05) is 11.3 Å². The van der Waals surface area contributed by atoms with Crippen LogP contribution in [0.5, 0.6) is 5.75 Å². The number of carbonyl (C=O) groups is 1. The zero-order valence-corrected chi connectivity index (χ0v) is 16.4. The van der Waals surface area contributed by atoms with E-state index in [1.807, 2.05) is 45.0 Å². The topological polar surface area (TPSA) is 81.3 Å². The summed E-state index contributed by atoms with van der Waals surface area (Å²) in [6.07, 6.45) is 0.759. The Labute approximate surface area is 161 Å². The highest BCUT2D eigenvalue weighted by molar-refractivity contribution is 7.18. The molecule has 2 heterocycles. The van der Waals surface area contributed by atoms with Crippen LogP contribution in [-0.2, 0) is 22.6 Å². The Bertz CT molecular complexity index is 1020. The fourth-order valence-electron chi connectivity index (χ4n) is 2.83. The van der Waals surface area contributed by atoms with Gasteiger partial charge in [0.1, 0.15) is 23.0 Å². The number of aryl methyl sites for hydroxylation is 3. The summed E-state index contributed by atoms with van der Waals surface area (Å²) >= 11 is 1.47. The van der Waals surface area contributed by atoms with Crippen LogP contribution >= 0.6 is 11.3 Å². The lowest BCUT2D eigenvalue weighted by atomic mass is 10.1. The molecule has 142 valence electrons. The quantitative estimate of drug-likeness (QED) is 0.627. The molecule has 0 aliphatic heterocycles. The summed E-state index contributed by atoms with van der Waals surface area (Å²) in [6.45, 7) is 6.32. The minimum absolute atomic E-state index is 0.0485. The third-order valence-electron chi connectivity index (χ3n) is 4.33. The van der Waals surface area contributed by atoms with Gasteiger partial charge in [0.25, 0.3) is 5.56 Å². The first-order valence-electron chi connectivity index (χ1n) is 8.84. The largest absolute Gasteiger partial charge is 0.494 e. The van der Waals surface area contributed by atoms with E-state index in [9.17, 15) is 9.59 Å². The number of H-pyrrole nitrogens is 1. The Morgan fingerprint density at radius 2 is 2.04 bits per heavy atom. The molecule has 2 aromatic heterocycles. The van der Waals surface area contributed by atoms with Crippen LogP contribution in [0.1, 0.15) is 35.2 Å². The highest BCUT2D eigenvalue weighted by atomic mass is 32.1. The van der Waals surface area contributed by atoms with Gasteiger partial charge in [0.2, 0.25) is 0 Å². The van der Waals surface area contributed by atoms with Gasteiger partial charge in [-0.2, -0.15) is 0 Å². The first-order chi connectivity index (χ1) is 13.0. The van der Waals surface area contributed by atoms with Crippen LogP contribution in [0.25, 0.3) is 10.2 Å². The number of rotatable bonds is 7. The molecule has 3 rings (SSSR count). The third kappa shape index (κ3) is 4.36. The molecule has 1 N–H and O–H groups in total. The minimum atomic E-state index is -0.345. The molecule has 0 aliphatic rings. The molecule has 0 unspecified atom stereocenters. The smallest absolute Gasteiger partial charge is 0.306 e. The number of nitrogens with one attached hydrogen (secondary N) is 1. The molecule has 0 atom stereocenters. The van der Waals surface area contributed by atoms with E-state index in [-0.39, 0.29) is 24.6 Å². The van der Waals surface area contributed by atoms with Crippen LogP contribution in [-0.4, -0.2) is 22.5 Å². The lowest BCUT2D eigenvalue weighted by molar-refractivity contribution is -0.145. The molecule has 7 heteroatoms. The molecule has 0 aliphatic carbocycles. The number of nitrogens with zero attached hydrogens (tertiary/aromatic N) is 1. The second-order valence-corrected chi connectivity index (χ2v) is 7.38. The van der Waals surface area contributed by atoms with Crippen molar-refractivity contribution in [2.45, 2.75) is 40.2 Å². The summed E-state index contributed by atoms with van der Waals surface area (Å²) in [5, 5.41) is 0.611. The van der Waals surface area contributed by atoms with Gasteiger partial charge in [0.15, 0.2) is 0 Å². The number of hydrogen-bond donors (Lipinski definition) is 1. The van der Waals surface area contributed by atoms with Crippen LogP contribution < -0.4 is 10.3 Å². The number of ether oxygens (including phenoxy) is 2. The Hall–Kier alpha value is -2.67. The van der Waals surface area contributed by atoms with Gasteiger partial charge >= 0.3 is 5.97 Å². The predicted molar refractivity (Wildman–Crippen MR) is 105 cm³/mol. The van der Waals surface area contributed by atoms with E-state index < -0.39 is 0 Å². The Morgan fingerprint density at radius 3 is 2.81 bits per heavy atom. The molecule has 3 aromatic rings. The molecule has 0 bridgehead atoms. The van der Waals surface area contributed by atoms with Gasteiger partial charge in [-0.25, -0.2) is 4.98 Å². The molecule has 0 saturated carbocycles. The maximum absolute atomic E-state index is 12.2. The normalized spacial score (nSPS) is 10.9. The average molecular weight is 386 g/mol. The van der Waals surface area contributed by atoms with Gasteiger partial charge in [-0.1, -0.05) is 18.2 Å². The summed E-state index contributed by atoms with van der Waals surface area (Å²) < 4.78 is 10.8. The van der Waals surface area contributed by atoms with Gasteiger partial charge in [-0.05, 0) is 44.4 Å². The number of aromatic amines is 1. The number of aromatic nitrogens is 2. The number of carbonyl (C=O) groups excluding carboxylic acids is 1. The first kappa shape index (κ1) is 19.1. The van der Waals surface area contributed by atoms with E-state index in [0.717, 1.165) is 21.8 Å². The Kier molecular flexibility index (Phi) is 5.91. The number of thiophene rings is 1. The standard InChI is InChI=1S/C20H22N2O4S/c1-4-25-15-8-6-5-7-14(15)9-10-17(23)26-11-16-21-19(24)18-12(2)13(3)27-20(18)22-16/h5-8H,4,9-11H2,1-3H3,(H,21,22,24). The average Bonchev–Trinajstić information content (AvgIpc) is 2.94. The molecule has 27 heavy (non-hydrogen) atoms. The molecule has 0 saturated heterocycles. The zero-order chi connectivity index (χ0) is 19.4. The molecule has 0 amide bonds. The molecule has 0 fully saturated rings. The van der Waals surface area contributed by atoms with Crippen LogP contribution in [0.4, 0.5) is 0 Å². The Balaban J connectivity index is 1.61. The number of benzene rings is 1. The number of esters is 1. The summed E-state index contributed by atoms with van der Waals surface area (Å²) in [5.41, 5.74) is 1.72. The first-order valence-corrected chi connectivity index (χ1v) is 9.66. The summed E-state index contributed by atoms with van der Waals surface area (Å²) in [5.74, 6) is 0.798. The van der Waals surface area contributed by atoms with E-state index >= 15 is 0 Å². The third-order valence-corrected chi connectivity index (χ3v) is 5.43. The molecule has 6 nitrogen and oxygen atoms in total. The van der Waals surface area contributed by atoms with Crippen molar-refractivity contribution in [1.82, 2.24) is 9.97 Å². The Morgan fingerprint density at radius 1 is 1.26 bits per heavy atom. The van der Waals surface area contributed by atoms with Gasteiger partial charge in [-0.3, -0.25) is 9.59 Å². The van der Waals surface area contributed by atoms with E-state index in [2.05, 4.69) is 9.97 Å². The molecule has 0 radical (unpaired) electrons. The number of para-hydroxylation sites is 1. The van der Waals surface area contributed by atoms with Crippen molar-refractivity contribution in [1.29, 1.82) is 0 Å². The summed E-state index contributed by atoms with van der Waals surface area (Å²) in [4.78, 5) is 33.2. The van der Waals surface area contributed by atoms with Gasteiger partial charge in [-0.15, -0.1) is 11.3 Å². The molecule has 0 spiro atoms. The van der Waals surface area contributed by atoms with Crippen molar-refractivity contribution >= 4 is 27.5 Å². The lowest BCUT2D eigenvalue weighted by Gasteiger charge is -2.09. The second-order valence-electron chi connectivity index (χ2n) is 6.18. The van der Waals surface area contributed by atoms with Crippen molar-refractivity contribution in [3.8, 4) is 5.75 Å². The lowest BCUT2D eigenvalue weighted by Crippen LogP contribution is -2.14. The van der Waals surface area contributed by atoms with E-state index in [0.29, 0.717) is 29.1 Å². The van der Waals surface area contributed by atoms with Crippen molar-refractivity contribution in [3.63, 3.8) is 0 Å². The molecule has 1 aromatic carbocycles. The van der Waals surface area contributed by atoms with Crippen molar-refractivity contribution in [3.05, 3.63) is 56.4 Å². The summed E-state index contributed by atoms with van der Waals surface area (Å²) in [6, 6.07) is 7.64. The van der Waals surface area contributed by atoms with E-state index in [1.54, 1.807) is 0 Å². The molecular formula is C20H22N2O4S. The van der Waals surface area contributed by atoms with Crippen LogP contribution in [0.3, 0.4) is 0 Å². The maximum atomic E-state index is 12.2. The zero-order valence-electron chi connectivity index (χ0n) is 15.6. The van der Waals surface area contributed by atoms with Crippen molar-refractivity contribution in [2.24, 2.45) is 0 Å². The van der Waals surface area contributed by atoms with Gasteiger partial charge in [0.05, 0.1) is 12.0 Å². The second kappa shape index (κ2) is 8.35. The maximum Gasteiger partial charge on any atom is 0.306 e. The summed E-state index contributed by atoms with van der Waals surface area (Å²) in [7, 11) is 0. The SMILES string of the molecule is CCOc1ccccc1CCC(=O)OCc1nc2sc(C)c(C)c2c(=O)[nH]1. The van der Waals surface area contributed by atoms with Crippen LogP contribution in [0.15, 0.2) is 29.1 Å².